The summed E-state index contributed by atoms with van der Waals surface area (Å²) in [6, 6.07) is 12.7. The Kier molecular flexibility index (Phi) is 6.67. The van der Waals surface area contributed by atoms with Crippen LogP contribution in [0.15, 0.2) is 42.5 Å². The maximum absolute atomic E-state index is 12.9. The number of fused-ring (bicyclic) bond motifs is 1. The zero-order chi connectivity index (χ0) is 16.4. The number of rotatable bonds is 5. The van der Waals surface area contributed by atoms with E-state index in [1.807, 2.05) is 24.3 Å². The number of halogens is 2. The summed E-state index contributed by atoms with van der Waals surface area (Å²) in [5.41, 5.74) is 0.749. The summed E-state index contributed by atoms with van der Waals surface area (Å²) >= 11 is 0. The van der Waals surface area contributed by atoms with Crippen LogP contribution in [0, 0.1) is 0 Å². The summed E-state index contributed by atoms with van der Waals surface area (Å²) in [6.07, 6.45) is 0.113. The van der Waals surface area contributed by atoms with Crippen LogP contribution in [0.5, 0.6) is 0 Å². The van der Waals surface area contributed by atoms with E-state index in [1.54, 1.807) is 18.2 Å². The molecule has 0 aromatic heterocycles. The summed E-state index contributed by atoms with van der Waals surface area (Å²) < 4.78 is 61.0. The van der Waals surface area contributed by atoms with Crippen molar-refractivity contribution in [2.24, 2.45) is 0 Å². The first-order valence-electron chi connectivity index (χ1n) is 6.20. The van der Waals surface area contributed by atoms with Crippen molar-refractivity contribution in [2.75, 3.05) is 6.61 Å². The molecule has 9 heteroatoms. The van der Waals surface area contributed by atoms with Crippen LogP contribution in [0.3, 0.4) is 0 Å². The third-order valence-electron chi connectivity index (χ3n) is 3.04. The molecule has 2 aromatic carbocycles. The van der Waals surface area contributed by atoms with Crippen molar-refractivity contribution in [3.05, 3.63) is 48.0 Å². The molecule has 118 valence electrons. The second kappa shape index (κ2) is 7.67. The van der Waals surface area contributed by atoms with Crippen molar-refractivity contribution in [1.29, 1.82) is 0 Å². The zero-order valence-electron chi connectivity index (χ0n) is 12.2. The molecule has 0 bridgehead atoms. The normalized spacial score (nSPS) is 11.8. The molecule has 23 heavy (non-hydrogen) atoms. The van der Waals surface area contributed by atoms with Gasteiger partial charge >= 0.3 is 40.8 Å². The SMILES string of the molecule is O=C(OCCc1cccc2ccccc12)C(F)(F)S(=O)(=O)[O-].[Na+]. The van der Waals surface area contributed by atoms with Crippen molar-refractivity contribution in [3.8, 4) is 0 Å². The Balaban J connectivity index is 0.00000264. The molecule has 0 radical (unpaired) electrons. The van der Waals surface area contributed by atoms with E-state index in [0.717, 1.165) is 16.3 Å². The van der Waals surface area contributed by atoms with E-state index in [4.69, 9.17) is 0 Å². The van der Waals surface area contributed by atoms with Gasteiger partial charge in [-0.25, -0.2) is 13.2 Å². The summed E-state index contributed by atoms with van der Waals surface area (Å²) in [5, 5.41) is -3.28. The molecule has 0 aliphatic heterocycles. The van der Waals surface area contributed by atoms with Gasteiger partial charge in [-0.15, -0.1) is 0 Å². The Hall–Kier alpha value is -1.06. The molecule has 0 amide bonds. The van der Waals surface area contributed by atoms with Gasteiger partial charge in [0.05, 0.1) is 6.61 Å². The average Bonchev–Trinajstić information content (AvgIpc) is 2.46. The number of benzene rings is 2. The Bertz CT molecular complexity index is 802. The molecule has 0 fully saturated rings. The predicted octanol–water partition coefficient (Wildman–Crippen LogP) is -0.932. The van der Waals surface area contributed by atoms with Crippen molar-refractivity contribution in [2.45, 2.75) is 11.7 Å². The summed E-state index contributed by atoms with van der Waals surface area (Å²) in [4.78, 5) is 11.0. The Morgan fingerprint density at radius 3 is 2.39 bits per heavy atom. The van der Waals surface area contributed by atoms with Gasteiger partial charge in [-0.3, -0.25) is 0 Å². The number of hydrogen-bond donors (Lipinski definition) is 0. The fourth-order valence-electron chi connectivity index (χ4n) is 1.95. The van der Waals surface area contributed by atoms with Gasteiger partial charge in [-0.05, 0) is 16.3 Å². The van der Waals surface area contributed by atoms with Crippen LogP contribution in [0.2, 0.25) is 0 Å². The van der Waals surface area contributed by atoms with E-state index in [-0.39, 0.29) is 36.0 Å². The van der Waals surface area contributed by atoms with Crippen molar-refractivity contribution in [1.82, 2.24) is 0 Å². The molecule has 0 spiro atoms. The molecular weight excluding hydrogens is 341 g/mol. The minimum atomic E-state index is -6.09. The molecule has 0 aliphatic rings. The number of esters is 1. The molecule has 0 heterocycles. The quantitative estimate of drug-likeness (QED) is 0.394. The molecule has 5 nitrogen and oxygen atoms in total. The number of ether oxygens (including phenoxy) is 1. The van der Waals surface area contributed by atoms with Gasteiger partial charge < -0.3 is 9.29 Å². The minimum absolute atomic E-state index is 0. The maximum Gasteiger partial charge on any atom is 1.00 e. The number of alkyl halides is 2. The number of carbonyl (C=O) groups is 1. The fourth-order valence-corrected chi connectivity index (χ4v) is 2.21. The van der Waals surface area contributed by atoms with E-state index in [9.17, 15) is 26.5 Å². The van der Waals surface area contributed by atoms with E-state index >= 15 is 0 Å². The van der Waals surface area contributed by atoms with Gasteiger partial charge in [0.15, 0.2) is 10.1 Å². The van der Waals surface area contributed by atoms with Crippen LogP contribution >= 0.6 is 0 Å². The Labute approximate surface area is 153 Å². The van der Waals surface area contributed by atoms with Crippen LogP contribution in [0.25, 0.3) is 10.8 Å². The first-order valence-corrected chi connectivity index (χ1v) is 7.61. The fraction of sp³-hybridized carbons (Fsp3) is 0.214. The largest absolute Gasteiger partial charge is 1.00 e. The molecular formula is C14H11F2NaO5S. The summed E-state index contributed by atoms with van der Waals surface area (Å²) in [7, 11) is -6.09. The van der Waals surface area contributed by atoms with Gasteiger partial charge in [-0.1, -0.05) is 42.5 Å². The molecule has 0 aliphatic carbocycles. The zero-order valence-corrected chi connectivity index (χ0v) is 15.0. The average molecular weight is 352 g/mol. The van der Waals surface area contributed by atoms with Crippen LogP contribution in [-0.4, -0.2) is 30.8 Å². The monoisotopic (exact) mass is 352 g/mol. The van der Waals surface area contributed by atoms with Crippen LogP contribution in [-0.2, 0) is 26.1 Å². The van der Waals surface area contributed by atoms with Crippen molar-refractivity contribution in [3.63, 3.8) is 0 Å². The van der Waals surface area contributed by atoms with Gasteiger partial charge in [0, 0.05) is 6.42 Å². The maximum atomic E-state index is 12.9. The van der Waals surface area contributed by atoms with Crippen molar-refractivity contribution < 1.29 is 60.8 Å². The Morgan fingerprint density at radius 1 is 1.13 bits per heavy atom. The summed E-state index contributed by atoms with van der Waals surface area (Å²) in [5.74, 6) is -2.36. The van der Waals surface area contributed by atoms with Crippen LogP contribution < -0.4 is 29.6 Å². The second-order valence-electron chi connectivity index (χ2n) is 4.50. The van der Waals surface area contributed by atoms with E-state index in [0.29, 0.717) is 0 Å². The first kappa shape index (κ1) is 20.0. The summed E-state index contributed by atoms with van der Waals surface area (Å²) in [6.45, 7) is -0.460. The Morgan fingerprint density at radius 2 is 1.74 bits per heavy atom. The minimum Gasteiger partial charge on any atom is -0.743 e. The third kappa shape index (κ3) is 4.48. The number of carbonyl (C=O) groups excluding carboxylic acids is 1. The topological polar surface area (TPSA) is 83.5 Å². The van der Waals surface area contributed by atoms with Crippen LogP contribution in [0.1, 0.15) is 5.56 Å². The molecule has 0 atom stereocenters. The molecule has 0 unspecified atom stereocenters. The van der Waals surface area contributed by atoms with E-state index in [2.05, 4.69) is 4.74 Å². The first-order chi connectivity index (χ1) is 10.2. The number of hydrogen-bond acceptors (Lipinski definition) is 5. The van der Waals surface area contributed by atoms with E-state index < -0.39 is 27.9 Å². The van der Waals surface area contributed by atoms with Gasteiger partial charge in [0.2, 0.25) is 0 Å². The smallest absolute Gasteiger partial charge is 0.743 e. The molecule has 0 N–H and O–H groups in total. The third-order valence-corrected chi connectivity index (χ3v) is 3.83. The molecule has 2 rings (SSSR count). The standard InChI is InChI=1S/C14H12F2O5S.Na/c15-14(16,22(18,19)20)13(17)21-9-8-11-6-3-5-10-4-1-2-7-12(10)11;/h1-7H,8-9H2,(H,18,19,20);/q;+1/p-1. The van der Waals surface area contributed by atoms with E-state index in [1.165, 1.54) is 0 Å². The predicted molar refractivity (Wildman–Crippen MR) is 73.3 cm³/mol. The van der Waals surface area contributed by atoms with Crippen molar-refractivity contribution >= 4 is 26.9 Å². The molecule has 0 saturated carbocycles. The molecule has 0 saturated heterocycles. The van der Waals surface area contributed by atoms with Crippen LogP contribution in [0.4, 0.5) is 8.78 Å². The van der Waals surface area contributed by atoms with Gasteiger partial charge in [-0.2, -0.15) is 8.78 Å². The second-order valence-corrected chi connectivity index (χ2v) is 5.92. The van der Waals surface area contributed by atoms with Gasteiger partial charge in [0.1, 0.15) is 0 Å². The van der Waals surface area contributed by atoms with Gasteiger partial charge in [0.25, 0.3) is 0 Å². The molecule has 2 aromatic rings.